The SMILES string of the molecule is CCCCCC[C@@H]1OC[C@@H](c2ccccc2)O1. The molecule has 1 aliphatic heterocycles. The summed E-state index contributed by atoms with van der Waals surface area (Å²) in [4.78, 5) is 0. The zero-order valence-electron chi connectivity index (χ0n) is 10.6. The Kier molecular flexibility index (Phi) is 5.02. The molecule has 0 saturated carbocycles. The summed E-state index contributed by atoms with van der Waals surface area (Å²) in [5.41, 5.74) is 1.23. The van der Waals surface area contributed by atoms with Gasteiger partial charge in [-0.2, -0.15) is 0 Å². The van der Waals surface area contributed by atoms with Crippen LogP contribution in [0.4, 0.5) is 0 Å². The van der Waals surface area contributed by atoms with Gasteiger partial charge in [-0.25, -0.2) is 0 Å². The van der Waals surface area contributed by atoms with Crippen LogP contribution in [0.1, 0.15) is 50.7 Å². The van der Waals surface area contributed by atoms with Crippen LogP contribution in [0.2, 0.25) is 0 Å². The Hall–Kier alpha value is -0.860. The Balaban J connectivity index is 1.72. The minimum Gasteiger partial charge on any atom is -0.350 e. The Labute approximate surface area is 104 Å². The topological polar surface area (TPSA) is 18.5 Å². The van der Waals surface area contributed by atoms with Crippen molar-refractivity contribution in [1.82, 2.24) is 0 Å². The normalized spacial score (nSPS) is 24.1. The van der Waals surface area contributed by atoms with Gasteiger partial charge in [-0.3, -0.25) is 0 Å². The maximum atomic E-state index is 5.91. The third-order valence-electron chi connectivity index (χ3n) is 3.21. The van der Waals surface area contributed by atoms with Crippen LogP contribution in [0.3, 0.4) is 0 Å². The third kappa shape index (κ3) is 3.83. The number of ether oxygens (including phenoxy) is 2. The summed E-state index contributed by atoms with van der Waals surface area (Å²) < 4.78 is 11.6. The summed E-state index contributed by atoms with van der Waals surface area (Å²) in [5, 5.41) is 0. The van der Waals surface area contributed by atoms with Crippen LogP contribution in [0.5, 0.6) is 0 Å². The molecule has 1 aromatic carbocycles. The predicted octanol–water partition coefficient (Wildman–Crippen LogP) is 4.07. The fourth-order valence-electron chi connectivity index (χ4n) is 2.19. The molecule has 0 N–H and O–H groups in total. The molecule has 0 aliphatic carbocycles. The van der Waals surface area contributed by atoms with Gasteiger partial charge in [-0.1, -0.05) is 56.5 Å². The molecule has 2 rings (SSSR count). The first-order chi connectivity index (χ1) is 8.40. The Morgan fingerprint density at radius 3 is 2.71 bits per heavy atom. The van der Waals surface area contributed by atoms with Gasteiger partial charge in [0.05, 0.1) is 6.61 Å². The molecule has 2 heteroatoms. The zero-order valence-corrected chi connectivity index (χ0v) is 10.6. The minimum absolute atomic E-state index is 0.0112. The lowest BCUT2D eigenvalue weighted by Gasteiger charge is -2.11. The van der Waals surface area contributed by atoms with E-state index in [0.717, 1.165) is 6.42 Å². The van der Waals surface area contributed by atoms with Crippen molar-refractivity contribution >= 4 is 0 Å². The number of hydrogen-bond acceptors (Lipinski definition) is 2. The highest BCUT2D eigenvalue weighted by molar-refractivity contribution is 5.18. The van der Waals surface area contributed by atoms with E-state index >= 15 is 0 Å². The first kappa shape index (κ1) is 12.6. The average molecular weight is 234 g/mol. The molecule has 1 fully saturated rings. The van der Waals surface area contributed by atoms with Crippen LogP contribution in [0.15, 0.2) is 30.3 Å². The van der Waals surface area contributed by atoms with Crippen LogP contribution >= 0.6 is 0 Å². The largest absolute Gasteiger partial charge is 0.350 e. The summed E-state index contributed by atoms with van der Waals surface area (Å²) in [7, 11) is 0. The maximum absolute atomic E-state index is 5.91. The molecular weight excluding hydrogens is 212 g/mol. The number of hydrogen-bond donors (Lipinski definition) is 0. The molecule has 94 valence electrons. The third-order valence-corrected chi connectivity index (χ3v) is 3.21. The summed E-state index contributed by atoms with van der Waals surface area (Å²) in [6.45, 7) is 2.93. The Bertz CT molecular complexity index is 310. The van der Waals surface area contributed by atoms with Crippen molar-refractivity contribution in [1.29, 1.82) is 0 Å². The monoisotopic (exact) mass is 234 g/mol. The van der Waals surface area contributed by atoms with Crippen LogP contribution in [0, 0.1) is 0 Å². The number of rotatable bonds is 6. The summed E-state index contributed by atoms with van der Waals surface area (Å²) in [5.74, 6) is 0. The van der Waals surface area contributed by atoms with Crippen LogP contribution in [-0.2, 0) is 9.47 Å². The molecule has 1 aromatic rings. The van der Waals surface area contributed by atoms with E-state index in [0.29, 0.717) is 6.61 Å². The van der Waals surface area contributed by atoms with Crippen molar-refractivity contribution < 1.29 is 9.47 Å². The van der Waals surface area contributed by atoms with Crippen molar-refractivity contribution in [3.63, 3.8) is 0 Å². The van der Waals surface area contributed by atoms with Crippen LogP contribution in [-0.4, -0.2) is 12.9 Å². The Morgan fingerprint density at radius 2 is 1.94 bits per heavy atom. The maximum Gasteiger partial charge on any atom is 0.158 e. The molecule has 0 amide bonds. The van der Waals surface area contributed by atoms with Gasteiger partial charge in [0, 0.05) is 0 Å². The second-order valence-electron chi connectivity index (χ2n) is 4.65. The van der Waals surface area contributed by atoms with Gasteiger partial charge in [0.2, 0.25) is 0 Å². The predicted molar refractivity (Wildman–Crippen MR) is 68.8 cm³/mol. The van der Waals surface area contributed by atoms with Gasteiger partial charge in [0.25, 0.3) is 0 Å². The fourth-order valence-corrected chi connectivity index (χ4v) is 2.19. The molecule has 17 heavy (non-hydrogen) atoms. The first-order valence-corrected chi connectivity index (χ1v) is 6.72. The van der Waals surface area contributed by atoms with Gasteiger partial charge in [0.1, 0.15) is 6.10 Å². The highest BCUT2D eigenvalue weighted by atomic mass is 16.7. The molecular formula is C15H22O2. The lowest BCUT2D eigenvalue weighted by Crippen LogP contribution is -2.07. The molecule has 2 nitrogen and oxygen atoms in total. The van der Waals surface area contributed by atoms with E-state index in [1.54, 1.807) is 0 Å². The summed E-state index contributed by atoms with van der Waals surface area (Å²) >= 11 is 0. The van der Waals surface area contributed by atoms with E-state index in [1.807, 2.05) is 18.2 Å². The highest BCUT2D eigenvalue weighted by Gasteiger charge is 2.26. The fraction of sp³-hybridized carbons (Fsp3) is 0.600. The van der Waals surface area contributed by atoms with E-state index in [-0.39, 0.29) is 12.4 Å². The van der Waals surface area contributed by atoms with Gasteiger partial charge in [0.15, 0.2) is 6.29 Å². The van der Waals surface area contributed by atoms with Crippen molar-refractivity contribution in [3.05, 3.63) is 35.9 Å². The lowest BCUT2D eigenvalue weighted by molar-refractivity contribution is -0.0637. The quantitative estimate of drug-likeness (QED) is 0.691. The summed E-state index contributed by atoms with van der Waals surface area (Å²) in [6, 6.07) is 10.3. The molecule has 0 bridgehead atoms. The van der Waals surface area contributed by atoms with E-state index in [1.165, 1.54) is 31.2 Å². The van der Waals surface area contributed by atoms with Gasteiger partial charge >= 0.3 is 0 Å². The molecule has 1 saturated heterocycles. The van der Waals surface area contributed by atoms with Gasteiger partial charge < -0.3 is 9.47 Å². The van der Waals surface area contributed by atoms with Crippen molar-refractivity contribution in [2.24, 2.45) is 0 Å². The van der Waals surface area contributed by atoms with E-state index in [4.69, 9.17) is 9.47 Å². The van der Waals surface area contributed by atoms with Gasteiger partial charge in [-0.05, 0) is 18.4 Å². The molecule has 1 heterocycles. The average Bonchev–Trinajstić information content (AvgIpc) is 2.85. The van der Waals surface area contributed by atoms with Gasteiger partial charge in [-0.15, -0.1) is 0 Å². The molecule has 0 radical (unpaired) electrons. The van der Waals surface area contributed by atoms with Crippen LogP contribution < -0.4 is 0 Å². The van der Waals surface area contributed by atoms with Crippen LogP contribution in [0.25, 0.3) is 0 Å². The molecule has 0 spiro atoms. The van der Waals surface area contributed by atoms with Crippen molar-refractivity contribution in [2.75, 3.05) is 6.61 Å². The first-order valence-electron chi connectivity index (χ1n) is 6.72. The smallest absolute Gasteiger partial charge is 0.158 e. The van der Waals surface area contributed by atoms with E-state index < -0.39 is 0 Å². The molecule has 0 unspecified atom stereocenters. The Morgan fingerprint density at radius 1 is 1.12 bits per heavy atom. The summed E-state index contributed by atoms with van der Waals surface area (Å²) in [6.07, 6.45) is 6.26. The zero-order chi connectivity index (χ0) is 11.9. The van der Waals surface area contributed by atoms with E-state index in [2.05, 4.69) is 19.1 Å². The number of unbranched alkanes of at least 4 members (excludes halogenated alkanes) is 3. The molecule has 0 aromatic heterocycles. The van der Waals surface area contributed by atoms with Crippen molar-refractivity contribution in [2.45, 2.75) is 51.4 Å². The molecule has 1 aliphatic rings. The lowest BCUT2D eigenvalue weighted by atomic mass is 10.1. The minimum atomic E-state index is 0.0112. The van der Waals surface area contributed by atoms with Crippen molar-refractivity contribution in [3.8, 4) is 0 Å². The second-order valence-corrected chi connectivity index (χ2v) is 4.65. The highest BCUT2D eigenvalue weighted by Crippen LogP contribution is 2.28. The number of benzene rings is 1. The molecule has 2 atom stereocenters. The van der Waals surface area contributed by atoms with E-state index in [9.17, 15) is 0 Å². The second kappa shape index (κ2) is 6.77. The standard InChI is InChI=1S/C15H22O2/c1-2-3-4-8-11-15-16-12-14(17-15)13-9-6-5-7-10-13/h5-7,9-10,14-15H,2-4,8,11-12H2,1H3/t14-,15+/m0/s1.